The fourth-order valence-corrected chi connectivity index (χ4v) is 4.94. The quantitative estimate of drug-likeness (QED) is 0.541. The summed E-state index contributed by atoms with van der Waals surface area (Å²) >= 11 is 10.5. The van der Waals surface area contributed by atoms with Crippen molar-refractivity contribution in [1.82, 2.24) is 0 Å². The maximum absolute atomic E-state index is 12.2. The van der Waals surface area contributed by atoms with Gasteiger partial charge in [0.05, 0.1) is 18.4 Å². The minimum atomic E-state index is -0.309. The average Bonchev–Trinajstić information content (AvgIpc) is 3.10. The zero-order valence-corrected chi connectivity index (χ0v) is 16.6. The van der Waals surface area contributed by atoms with E-state index in [9.17, 15) is 4.79 Å². The summed E-state index contributed by atoms with van der Waals surface area (Å²) < 4.78 is 5.89. The Labute approximate surface area is 158 Å². The lowest BCUT2D eigenvalue weighted by Crippen LogP contribution is -2.20. The molecule has 0 saturated carbocycles. The number of carbonyl (C=O) groups excluding carboxylic acids is 1. The second-order valence-corrected chi connectivity index (χ2v) is 7.98. The number of hydrogen-bond acceptors (Lipinski definition) is 4. The first-order chi connectivity index (χ1) is 11.5. The third-order valence-electron chi connectivity index (χ3n) is 3.91. The van der Waals surface area contributed by atoms with Gasteiger partial charge in [-0.2, -0.15) is 0 Å². The normalized spacial score (nSPS) is 12.6. The number of halogens is 1. The minimum absolute atomic E-state index is 0.309. The van der Waals surface area contributed by atoms with Crippen LogP contribution in [0.25, 0.3) is 0 Å². The molecule has 0 aliphatic heterocycles. The van der Waals surface area contributed by atoms with Crippen molar-refractivity contribution >= 4 is 61.3 Å². The number of rotatable bonds is 3. The van der Waals surface area contributed by atoms with Crippen molar-refractivity contribution in [2.45, 2.75) is 26.2 Å². The molecule has 0 amide bonds. The van der Waals surface area contributed by atoms with Crippen molar-refractivity contribution in [3.63, 3.8) is 0 Å². The van der Waals surface area contributed by atoms with Crippen molar-refractivity contribution in [3.05, 3.63) is 44.2 Å². The number of thiocarbonyl (C=S) groups is 1. The van der Waals surface area contributed by atoms with Gasteiger partial charge >= 0.3 is 5.97 Å². The van der Waals surface area contributed by atoms with Gasteiger partial charge in [0.1, 0.15) is 5.00 Å². The van der Waals surface area contributed by atoms with E-state index in [1.54, 1.807) is 11.3 Å². The van der Waals surface area contributed by atoms with E-state index in [-0.39, 0.29) is 5.97 Å². The molecule has 0 saturated heterocycles. The Bertz CT molecular complexity index is 817. The first kappa shape index (κ1) is 17.4. The van der Waals surface area contributed by atoms with E-state index in [0.29, 0.717) is 10.7 Å². The van der Waals surface area contributed by atoms with E-state index in [2.05, 4.69) is 26.6 Å². The standard InChI is InChI=1S/C17H17BrN2O2S2/c1-9-6-7-12(11(18)8-9)19-17(23)20-15-14(16(21)22-2)10-4-3-5-13(10)24-15/h6-8H,3-5H2,1-2H3,(H2,19,20,23). The molecule has 0 spiro atoms. The molecule has 3 rings (SSSR count). The molecule has 1 aliphatic rings. The van der Waals surface area contributed by atoms with Crippen LogP contribution in [0, 0.1) is 6.92 Å². The van der Waals surface area contributed by atoms with Crippen LogP contribution >= 0.6 is 39.5 Å². The van der Waals surface area contributed by atoms with E-state index in [1.807, 2.05) is 25.1 Å². The van der Waals surface area contributed by atoms with Crippen LogP contribution in [0.15, 0.2) is 22.7 Å². The van der Waals surface area contributed by atoms with Gasteiger partial charge in [0.2, 0.25) is 0 Å². The fourth-order valence-electron chi connectivity index (χ4n) is 2.79. The fraction of sp³-hybridized carbons (Fsp3) is 0.294. The van der Waals surface area contributed by atoms with E-state index in [1.165, 1.54) is 12.0 Å². The lowest BCUT2D eigenvalue weighted by molar-refractivity contribution is 0.0601. The Balaban J connectivity index is 1.81. The number of nitrogens with one attached hydrogen (secondary N) is 2. The van der Waals surface area contributed by atoms with Gasteiger partial charge in [-0.25, -0.2) is 4.79 Å². The highest BCUT2D eigenvalue weighted by Crippen LogP contribution is 2.39. The van der Waals surface area contributed by atoms with Gasteiger partial charge in [-0.15, -0.1) is 11.3 Å². The first-order valence-corrected chi connectivity index (χ1v) is 9.58. The molecule has 1 aromatic carbocycles. The summed E-state index contributed by atoms with van der Waals surface area (Å²) in [4.78, 5) is 13.4. The number of hydrogen-bond donors (Lipinski definition) is 2. The molecule has 1 aliphatic carbocycles. The Hall–Kier alpha value is -1.44. The van der Waals surface area contributed by atoms with Crippen molar-refractivity contribution in [2.75, 3.05) is 17.7 Å². The molecule has 1 aromatic heterocycles. The number of anilines is 2. The summed E-state index contributed by atoms with van der Waals surface area (Å²) in [6.07, 6.45) is 3.02. The highest BCUT2D eigenvalue weighted by atomic mass is 79.9. The number of benzene rings is 1. The van der Waals surface area contributed by atoms with Gasteiger partial charge in [-0.05, 0) is 77.6 Å². The molecule has 0 unspecified atom stereocenters. The summed E-state index contributed by atoms with van der Waals surface area (Å²) in [6, 6.07) is 5.99. The molecule has 0 fully saturated rings. The molecule has 4 nitrogen and oxygen atoms in total. The van der Waals surface area contributed by atoms with Gasteiger partial charge in [0.25, 0.3) is 0 Å². The number of carbonyl (C=O) groups is 1. The topological polar surface area (TPSA) is 50.4 Å². The SMILES string of the molecule is COC(=O)c1c(NC(=S)Nc2ccc(C)cc2Br)sc2c1CCC2. The third kappa shape index (κ3) is 3.48. The molecular formula is C17H17BrN2O2S2. The predicted molar refractivity (Wildman–Crippen MR) is 106 cm³/mol. The van der Waals surface area contributed by atoms with Crippen LogP contribution in [0.2, 0.25) is 0 Å². The molecule has 0 atom stereocenters. The van der Waals surface area contributed by atoms with Crippen molar-refractivity contribution in [1.29, 1.82) is 0 Å². The van der Waals surface area contributed by atoms with Crippen molar-refractivity contribution < 1.29 is 9.53 Å². The predicted octanol–water partition coefficient (Wildman–Crippen LogP) is 4.90. The third-order valence-corrected chi connectivity index (χ3v) is 5.98. The second-order valence-electron chi connectivity index (χ2n) is 5.62. The maximum Gasteiger partial charge on any atom is 0.341 e. The monoisotopic (exact) mass is 424 g/mol. The van der Waals surface area contributed by atoms with Gasteiger partial charge in [0, 0.05) is 9.35 Å². The number of esters is 1. The Morgan fingerprint density at radius 2 is 2.12 bits per heavy atom. The molecule has 126 valence electrons. The van der Waals surface area contributed by atoms with Gasteiger partial charge in [0.15, 0.2) is 5.11 Å². The highest BCUT2D eigenvalue weighted by molar-refractivity contribution is 9.10. The number of methoxy groups -OCH3 is 1. The lowest BCUT2D eigenvalue weighted by atomic mass is 10.1. The molecule has 2 aromatic rings. The summed E-state index contributed by atoms with van der Waals surface area (Å²) in [7, 11) is 1.41. The van der Waals surface area contributed by atoms with Gasteiger partial charge in [-0.3, -0.25) is 0 Å². The van der Waals surface area contributed by atoms with Gasteiger partial charge < -0.3 is 15.4 Å². The number of ether oxygens (including phenoxy) is 1. The lowest BCUT2D eigenvalue weighted by Gasteiger charge is -2.12. The molecule has 0 radical (unpaired) electrons. The second kappa shape index (κ2) is 7.21. The molecule has 24 heavy (non-hydrogen) atoms. The van der Waals surface area contributed by atoms with Gasteiger partial charge in [-0.1, -0.05) is 6.07 Å². The van der Waals surface area contributed by atoms with E-state index < -0.39 is 0 Å². The maximum atomic E-state index is 12.2. The molecule has 7 heteroatoms. The zero-order valence-electron chi connectivity index (χ0n) is 13.4. The van der Waals surface area contributed by atoms with E-state index >= 15 is 0 Å². The number of aryl methyl sites for hydroxylation is 2. The Morgan fingerprint density at radius 3 is 2.83 bits per heavy atom. The Morgan fingerprint density at radius 1 is 1.33 bits per heavy atom. The van der Waals surface area contributed by atoms with E-state index in [4.69, 9.17) is 17.0 Å². The summed E-state index contributed by atoms with van der Waals surface area (Å²) in [5.74, 6) is -0.309. The van der Waals surface area contributed by atoms with Crippen LogP contribution in [0.4, 0.5) is 10.7 Å². The van der Waals surface area contributed by atoms with Crippen molar-refractivity contribution in [2.24, 2.45) is 0 Å². The zero-order chi connectivity index (χ0) is 17.3. The largest absolute Gasteiger partial charge is 0.465 e. The van der Waals surface area contributed by atoms with Crippen molar-refractivity contribution in [3.8, 4) is 0 Å². The smallest absolute Gasteiger partial charge is 0.341 e. The van der Waals surface area contributed by atoms with Crippen LogP contribution in [0.3, 0.4) is 0 Å². The van der Waals surface area contributed by atoms with Crippen LogP contribution in [0.5, 0.6) is 0 Å². The highest BCUT2D eigenvalue weighted by Gasteiger charge is 2.27. The molecular weight excluding hydrogens is 408 g/mol. The van der Waals surface area contributed by atoms with Crippen LogP contribution < -0.4 is 10.6 Å². The summed E-state index contributed by atoms with van der Waals surface area (Å²) in [5.41, 5.74) is 3.77. The molecule has 1 heterocycles. The average molecular weight is 425 g/mol. The first-order valence-electron chi connectivity index (χ1n) is 7.56. The summed E-state index contributed by atoms with van der Waals surface area (Å²) in [5, 5.41) is 7.53. The summed E-state index contributed by atoms with van der Waals surface area (Å²) in [6.45, 7) is 2.03. The number of fused-ring (bicyclic) bond motifs is 1. The minimum Gasteiger partial charge on any atom is -0.465 e. The Kier molecular flexibility index (Phi) is 5.22. The van der Waals surface area contributed by atoms with Crippen LogP contribution in [-0.4, -0.2) is 18.2 Å². The molecule has 0 bridgehead atoms. The number of thiophene rings is 1. The van der Waals surface area contributed by atoms with Crippen LogP contribution in [-0.2, 0) is 17.6 Å². The van der Waals surface area contributed by atoms with E-state index in [0.717, 1.165) is 45.6 Å². The van der Waals surface area contributed by atoms with Crippen LogP contribution in [0.1, 0.15) is 32.8 Å². The molecule has 2 N–H and O–H groups in total.